The summed E-state index contributed by atoms with van der Waals surface area (Å²) in [4.78, 5) is 8.23. The molecule has 0 amide bonds. The van der Waals surface area contributed by atoms with Crippen LogP contribution in [0.3, 0.4) is 0 Å². The normalized spacial score (nSPS) is 12.6. The second-order valence-corrected chi connectivity index (χ2v) is 6.21. The zero-order chi connectivity index (χ0) is 21.1. The van der Waals surface area contributed by atoms with Crippen molar-refractivity contribution in [2.45, 2.75) is 32.2 Å². The largest absolute Gasteiger partial charge is 0.468 e. The van der Waals surface area contributed by atoms with Crippen molar-refractivity contribution in [3.05, 3.63) is 59.8 Å². The van der Waals surface area contributed by atoms with Crippen LogP contribution in [-0.4, -0.2) is 41.9 Å². The molecule has 0 spiro atoms. The standard InChI is InChI=1S/C20H25F3N4O2.HI/c1-2-24-19(26-12-10-17(28)15-7-4-3-5-8-15)27-13-16-9-6-11-25-18(16)29-14-20(21,22)23;/h3-9,11,17,28H,2,10,12-14H2,1H3,(H2,24,26,27);1H. The van der Waals surface area contributed by atoms with Crippen LogP contribution in [0.15, 0.2) is 53.7 Å². The minimum Gasteiger partial charge on any atom is -0.468 e. The predicted molar refractivity (Wildman–Crippen MR) is 120 cm³/mol. The van der Waals surface area contributed by atoms with Gasteiger partial charge in [-0.25, -0.2) is 9.98 Å². The average Bonchev–Trinajstić information content (AvgIpc) is 2.71. The summed E-state index contributed by atoms with van der Waals surface area (Å²) in [6, 6.07) is 12.6. The summed E-state index contributed by atoms with van der Waals surface area (Å²) in [6.45, 7) is 1.66. The molecule has 166 valence electrons. The maximum atomic E-state index is 12.4. The number of rotatable bonds is 9. The highest BCUT2D eigenvalue weighted by Gasteiger charge is 2.29. The van der Waals surface area contributed by atoms with Crippen LogP contribution < -0.4 is 15.4 Å². The molecule has 0 saturated carbocycles. The van der Waals surface area contributed by atoms with Crippen molar-refractivity contribution in [1.29, 1.82) is 0 Å². The van der Waals surface area contributed by atoms with Crippen LogP contribution in [0.5, 0.6) is 5.88 Å². The Labute approximate surface area is 191 Å². The van der Waals surface area contributed by atoms with Crippen LogP contribution in [-0.2, 0) is 6.54 Å². The van der Waals surface area contributed by atoms with Gasteiger partial charge in [-0.05, 0) is 25.0 Å². The third-order valence-corrected chi connectivity index (χ3v) is 3.87. The second-order valence-electron chi connectivity index (χ2n) is 6.21. The van der Waals surface area contributed by atoms with E-state index >= 15 is 0 Å². The van der Waals surface area contributed by atoms with E-state index in [-0.39, 0.29) is 36.4 Å². The zero-order valence-corrected chi connectivity index (χ0v) is 18.9. The fourth-order valence-electron chi connectivity index (χ4n) is 2.50. The van der Waals surface area contributed by atoms with Gasteiger partial charge in [-0.2, -0.15) is 13.2 Å². The smallest absolute Gasteiger partial charge is 0.422 e. The first-order chi connectivity index (χ1) is 13.9. The summed E-state index contributed by atoms with van der Waals surface area (Å²) in [7, 11) is 0. The van der Waals surface area contributed by atoms with Gasteiger partial charge in [-0.1, -0.05) is 36.4 Å². The summed E-state index contributed by atoms with van der Waals surface area (Å²) in [5.41, 5.74) is 1.27. The van der Waals surface area contributed by atoms with E-state index in [1.165, 1.54) is 6.20 Å². The Hall–Kier alpha value is -2.08. The molecule has 1 unspecified atom stereocenters. The lowest BCUT2D eigenvalue weighted by molar-refractivity contribution is -0.154. The number of hydrogen-bond acceptors (Lipinski definition) is 4. The minimum absolute atomic E-state index is 0. The van der Waals surface area contributed by atoms with Gasteiger partial charge in [0.2, 0.25) is 5.88 Å². The number of benzene rings is 1. The highest BCUT2D eigenvalue weighted by atomic mass is 127. The highest BCUT2D eigenvalue weighted by Crippen LogP contribution is 2.20. The summed E-state index contributed by atoms with van der Waals surface area (Å²) < 4.78 is 42.0. The number of ether oxygens (including phenoxy) is 1. The van der Waals surface area contributed by atoms with Gasteiger partial charge in [0.05, 0.1) is 12.6 Å². The monoisotopic (exact) mass is 538 g/mol. The van der Waals surface area contributed by atoms with Gasteiger partial charge in [0.25, 0.3) is 0 Å². The molecule has 2 rings (SSSR count). The average molecular weight is 538 g/mol. The third kappa shape index (κ3) is 9.61. The van der Waals surface area contributed by atoms with Crippen molar-refractivity contribution in [3.8, 4) is 5.88 Å². The van der Waals surface area contributed by atoms with Crippen LogP contribution >= 0.6 is 24.0 Å². The van der Waals surface area contributed by atoms with E-state index in [9.17, 15) is 18.3 Å². The van der Waals surface area contributed by atoms with Crippen LogP contribution in [0.1, 0.15) is 30.6 Å². The van der Waals surface area contributed by atoms with Gasteiger partial charge in [0.1, 0.15) is 0 Å². The molecule has 1 aromatic heterocycles. The number of aliphatic hydroxyl groups excluding tert-OH is 1. The first-order valence-electron chi connectivity index (χ1n) is 9.27. The topological polar surface area (TPSA) is 78.8 Å². The van der Waals surface area contributed by atoms with Crippen LogP contribution in [0, 0.1) is 0 Å². The van der Waals surface area contributed by atoms with E-state index in [2.05, 4.69) is 20.6 Å². The molecular formula is C20H26F3IN4O2. The molecule has 6 nitrogen and oxygen atoms in total. The van der Waals surface area contributed by atoms with E-state index in [0.717, 1.165) is 5.56 Å². The Morgan fingerprint density at radius 1 is 1.17 bits per heavy atom. The van der Waals surface area contributed by atoms with Gasteiger partial charge >= 0.3 is 6.18 Å². The molecule has 0 fully saturated rings. The molecule has 3 N–H and O–H groups in total. The van der Waals surface area contributed by atoms with Gasteiger partial charge in [-0.15, -0.1) is 24.0 Å². The van der Waals surface area contributed by atoms with Crippen molar-refractivity contribution in [3.63, 3.8) is 0 Å². The van der Waals surface area contributed by atoms with Crippen molar-refractivity contribution < 1.29 is 23.0 Å². The minimum atomic E-state index is -4.44. The fourth-order valence-corrected chi connectivity index (χ4v) is 2.50. The number of aliphatic imine (C=N–C) groups is 1. The summed E-state index contributed by atoms with van der Waals surface area (Å²) in [6.07, 6.45) is -3.20. The van der Waals surface area contributed by atoms with E-state index in [1.807, 2.05) is 37.3 Å². The molecule has 0 bridgehead atoms. The molecule has 0 aliphatic carbocycles. The Morgan fingerprint density at radius 3 is 2.57 bits per heavy atom. The van der Waals surface area contributed by atoms with Crippen molar-refractivity contribution in [2.24, 2.45) is 4.99 Å². The number of alkyl halides is 3. The number of hydrogen-bond donors (Lipinski definition) is 3. The number of aromatic nitrogens is 1. The number of nitrogens with one attached hydrogen (secondary N) is 2. The van der Waals surface area contributed by atoms with Crippen molar-refractivity contribution in [1.82, 2.24) is 15.6 Å². The maximum Gasteiger partial charge on any atom is 0.422 e. The van der Waals surface area contributed by atoms with Crippen molar-refractivity contribution >= 4 is 29.9 Å². The van der Waals surface area contributed by atoms with Gasteiger partial charge in [0.15, 0.2) is 12.6 Å². The lowest BCUT2D eigenvalue weighted by atomic mass is 10.1. The summed E-state index contributed by atoms with van der Waals surface area (Å²) >= 11 is 0. The van der Waals surface area contributed by atoms with E-state index < -0.39 is 18.9 Å². The number of halogens is 4. The number of aliphatic hydroxyl groups is 1. The Kier molecular flexibility index (Phi) is 11.5. The third-order valence-electron chi connectivity index (χ3n) is 3.87. The van der Waals surface area contributed by atoms with Gasteiger partial charge < -0.3 is 20.5 Å². The molecular weight excluding hydrogens is 512 g/mol. The molecule has 10 heteroatoms. The molecule has 0 aliphatic rings. The second kappa shape index (κ2) is 13.3. The van der Waals surface area contributed by atoms with Crippen LogP contribution in [0.25, 0.3) is 0 Å². The first-order valence-corrected chi connectivity index (χ1v) is 9.27. The number of pyridine rings is 1. The zero-order valence-electron chi connectivity index (χ0n) is 16.5. The van der Waals surface area contributed by atoms with E-state index in [4.69, 9.17) is 4.74 Å². The highest BCUT2D eigenvalue weighted by molar-refractivity contribution is 14.0. The van der Waals surface area contributed by atoms with Crippen LogP contribution in [0.4, 0.5) is 13.2 Å². The molecule has 1 heterocycles. The number of guanidine groups is 1. The van der Waals surface area contributed by atoms with Gasteiger partial charge in [-0.3, -0.25) is 0 Å². The molecule has 1 aromatic carbocycles. The summed E-state index contributed by atoms with van der Waals surface area (Å²) in [5, 5.41) is 16.4. The Morgan fingerprint density at radius 2 is 1.90 bits per heavy atom. The lowest BCUT2D eigenvalue weighted by Gasteiger charge is -2.15. The van der Waals surface area contributed by atoms with Crippen LogP contribution in [0.2, 0.25) is 0 Å². The Bertz CT molecular complexity index is 776. The SMILES string of the molecule is CCNC(=NCc1cccnc1OCC(F)(F)F)NCCC(O)c1ccccc1.I. The maximum absolute atomic E-state index is 12.4. The predicted octanol–water partition coefficient (Wildman–Crippen LogP) is 3.82. The molecule has 30 heavy (non-hydrogen) atoms. The lowest BCUT2D eigenvalue weighted by Crippen LogP contribution is -2.38. The number of nitrogens with zero attached hydrogens (tertiary/aromatic N) is 2. The van der Waals surface area contributed by atoms with Gasteiger partial charge in [0, 0.05) is 24.8 Å². The molecule has 2 aromatic rings. The molecule has 0 aliphatic heterocycles. The van der Waals surface area contributed by atoms with E-state index in [0.29, 0.717) is 31.0 Å². The first kappa shape index (κ1) is 26.0. The molecule has 1 atom stereocenters. The quantitative estimate of drug-likeness (QED) is 0.257. The molecule has 0 radical (unpaired) electrons. The Balaban J connectivity index is 0.00000450. The van der Waals surface area contributed by atoms with Crippen molar-refractivity contribution in [2.75, 3.05) is 19.7 Å². The molecule has 0 saturated heterocycles. The fraction of sp³-hybridized carbons (Fsp3) is 0.400. The van der Waals surface area contributed by atoms with E-state index in [1.54, 1.807) is 12.1 Å². The summed E-state index contributed by atoms with van der Waals surface area (Å²) in [5.74, 6) is 0.391.